The predicted molar refractivity (Wildman–Crippen MR) is 62.6 cm³/mol. The van der Waals surface area contributed by atoms with Gasteiger partial charge in [-0.3, -0.25) is 9.69 Å². The zero-order chi connectivity index (χ0) is 11.4. The highest BCUT2D eigenvalue weighted by atomic mass is 32.1. The lowest BCUT2D eigenvalue weighted by atomic mass is 9.96. The summed E-state index contributed by atoms with van der Waals surface area (Å²) in [5.41, 5.74) is 5.60. The van der Waals surface area contributed by atoms with Crippen LogP contribution in [0, 0.1) is 5.92 Å². The van der Waals surface area contributed by atoms with E-state index < -0.39 is 0 Å². The van der Waals surface area contributed by atoms with Crippen LogP contribution in [0.15, 0.2) is 0 Å². The summed E-state index contributed by atoms with van der Waals surface area (Å²) in [4.78, 5) is 14.0. The van der Waals surface area contributed by atoms with Gasteiger partial charge in [-0.25, -0.2) is 0 Å². The molecule has 1 fully saturated rings. The van der Waals surface area contributed by atoms with Crippen LogP contribution in [0.2, 0.25) is 0 Å². The molecule has 15 heavy (non-hydrogen) atoms. The minimum atomic E-state index is -0.177. The Labute approximate surface area is 95.8 Å². The van der Waals surface area contributed by atoms with Crippen molar-refractivity contribution in [2.45, 2.75) is 25.8 Å². The highest BCUT2D eigenvalue weighted by Gasteiger charge is 2.27. The Morgan fingerprint density at radius 2 is 2.07 bits per heavy atom. The maximum atomic E-state index is 11.3. The van der Waals surface area contributed by atoms with Crippen molar-refractivity contribution in [2.24, 2.45) is 11.7 Å². The second-order valence-corrected chi connectivity index (χ2v) is 4.38. The third-order valence-electron chi connectivity index (χ3n) is 3.02. The molecule has 0 aromatic heterocycles. The van der Waals surface area contributed by atoms with E-state index in [-0.39, 0.29) is 12.0 Å². The second-order valence-electron chi connectivity index (χ2n) is 3.91. The van der Waals surface area contributed by atoms with Crippen molar-refractivity contribution in [2.75, 3.05) is 20.2 Å². The Kier molecular flexibility index (Phi) is 4.47. The van der Waals surface area contributed by atoms with E-state index >= 15 is 0 Å². The minimum Gasteiger partial charge on any atom is -0.468 e. The largest absolute Gasteiger partial charge is 0.468 e. The van der Waals surface area contributed by atoms with Crippen LogP contribution in [0.1, 0.15) is 19.8 Å². The smallest absolute Gasteiger partial charge is 0.322 e. The fraction of sp³-hybridized carbons (Fsp3) is 0.800. The van der Waals surface area contributed by atoms with E-state index in [0.29, 0.717) is 10.9 Å². The molecule has 0 radical (unpaired) electrons. The van der Waals surface area contributed by atoms with E-state index in [2.05, 4.69) is 4.90 Å². The molecule has 1 atom stereocenters. The van der Waals surface area contributed by atoms with Gasteiger partial charge in [-0.05, 0) is 32.9 Å². The van der Waals surface area contributed by atoms with Crippen molar-refractivity contribution in [1.82, 2.24) is 4.90 Å². The zero-order valence-electron chi connectivity index (χ0n) is 9.23. The van der Waals surface area contributed by atoms with E-state index in [1.165, 1.54) is 7.11 Å². The number of hydrogen-bond acceptors (Lipinski definition) is 4. The van der Waals surface area contributed by atoms with Crippen LogP contribution in [0.25, 0.3) is 0 Å². The third kappa shape index (κ3) is 3.14. The zero-order valence-corrected chi connectivity index (χ0v) is 10.0. The van der Waals surface area contributed by atoms with Crippen molar-refractivity contribution in [3.8, 4) is 0 Å². The van der Waals surface area contributed by atoms with E-state index in [1.807, 2.05) is 6.92 Å². The lowest BCUT2D eigenvalue weighted by molar-refractivity contribution is -0.146. The molecule has 0 aromatic rings. The third-order valence-corrected chi connectivity index (χ3v) is 3.36. The number of esters is 1. The number of likely N-dealkylation sites (tertiary alicyclic amines) is 1. The molecule has 1 aliphatic heterocycles. The van der Waals surface area contributed by atoms with Crippen molar-refractivity contribution < 1.29 is 9.53 Å². The van der Waals surface area contributed by atoms with Crippen LogP contribution >= 0.6 is 12.2 Å². The Morgan fingerprint density at radius 3 is 2.47 bits per heavy atom. The molecule has 0 saturated carbocycles. The molecule has 1 unspecified atom stereocenters. The molecular weight excluding hydrogens is 212 g/mol. The number of rotatable bonds is 3. The highest BCUT2D eigenvalue weighted by Crippen LogP contribution is 2.19. The summed E-state index contributed by atoms with van der Waals surface area (Å²) in [6, 6.07) is -0.165. The van der Waals surface area contributed by atoms with E-state index in [4.69, 9.17) is 22.7 Å². The van der Waals surface area contributed by atoms with Crippen LogP contribution in [0.3, 0.4) is 0 Å². The molecule has 0 spiro atoms. The lowest BCUT2D eigenvalue weighted by Gasteiger charge is -2.34. The van der Waals surface area contributed by atoms with Gasteiger partial charge in [0.25, 0.3) is 0 Å². The fourth-order valence-electron chi connectivity index (χ4n) is 1.89. The van der Waals surface area contributed by atoms with Gasteiger partial charge in [0, 0.05) is 5.92 Å². The van der Waals surface area contributed by atoms with Crippen LogP contribution in [-0.2, 0) is 9.53 Å². The van der Waals surface area contributed by atoms with Gasteiger partial charge in [0.15, 0.2) is 0 Å². The van der Waals surface area contributed by atoms with Gasteiger partial charge in [-0.2, -0.15) is 0 Å². The summed E-state index contributed by atoms with van der Waals surface area (Å²) < 4.78 is 4.71. The molecule has 5 heteroatoms. The van der Waals surface area contributed by atoms with Gasteiger partial charge in [0.05, 0.1) is 12.1 Å². The van der Waals surface area contributed by atoms with Gasteiger partial charge in [-0.1, -0.05) is 12.2 Å². The molecule has 4 nitrogen and oxygen atoms in total. The van der Waals surface area contributed by atoms with Gasteiger partial charge in [0.1, 0.15) is 6.04 Å². The quantitative estimate of drug-likeness (QED) is 0.566. The summed E-state index contributed by atoms with van der Waals surface area (Å²) in [6.07, 6.45) is 1.88. The summed E-state index contributed by atoms with van der Waals surface area (Å²) >= 11 is 4.96. The monoisotopic (exact) mass is 230 g/mol. The summed E-state index contributed by atoms with van der Waals surface area (Å²) in [7, 11) is 1.42. The van der Waals surface area contributed by atoms with Crippen molar-refractivity contribution in [1.29, 1.82) is 0 Å². The van der Waals surface area contributed by atoms with Crippen molar-refractivity contribution in [3.05, 3.63) is 0 Å². The van der Waals surface area contributed by atoms with Gasteiger partial charge in [0.2, 0.25) is 0 Å². The summed E-state index contributed by atoms with van der Waals surface area (Å²) in [6.45, 7) is 3.59. The Morgan fingerprint density at radius 1 is 1.53 bits per heavy atom. The van der Waals surface area contributed by atoms with Crippen LogP contribution in [0.4, 0.5) is 0 Å². The molecule has 86 valence electrons. The van der Waals surface area contributed by atoms with E-state index in [9.17, 15) is 4.79 Å². The number of carbonyl (C=O) groups excluding carboxylic acids is 1. The standard InChI is InChI=1S/C10H18N2O2S/c1-7(10(13)14-2)12-5-3-8(4-6-12)9(11)15/h7-8H,3-6H2,1-2H3,(H2,11,15). The summed E-state index contributed by atoms with van der Waals surface area (Å²) in [5.74, 6) is 0.157. The van der Waals surface area contributed by atoms with Crippen LogP contribution < -0.4 is 5.73 Å². The number of nitrogens with two attached hydrogens (primary N) is 1. The topological polar surface area (TPSA) is 55.6 Å². The average Bonchev–Trinajstić information content (AvgIpc) is 2.27. The SMILES string of the molecule is COC(=O)C(C)N1CCC(C(N)=S)CC1. The number of thiocarbonyl (C=S) groups is 1. The van der Waals surface area contributed by atoms with Crippen molar-refractivity contribution in [3.63, 3.8) is 0 Å². The Balaban J connectivity index is 2.43. The van der Waals surface area contributed by atoms with Crippen LogP contribution in [-0.4, -0.2) is 42.1 Å². The maximum Gasteiger partial charge on any atom is 0.322 e. The molecule has 1 rings (SSSR count). The Bertz CT molecular complexity index is 250. The predicted octanol–water partition coefficient (Wildman–Crippen LogP) is 0.546. The number of methoxy groups -OCH3 is 1. The summed E-state index contributed by atoms with van der Waals surface area (Å²) in [5, 5.41) is 0. The first kappa shape index (κ1) is 12.4. The number of nitrogens with zero attached hydrogens (tertiary/aromatic N) is 1. The first-order valence-corrected chi connectivity index (χ1v) is 5.58. The first-order valence-electron chi connectivity index (χ1n) is 5.17. The average molecular weight is 230 g/mol. The molecule has 0 bridgehead atoms. The molecule has 2 N–H and O–H groups in total. The highest BCUT2D eigenvalue weighted by molar-refractivity contribution is 7.80. The van der Waals surface area contributed by atoms with Crippen LogP contribution in [0.5, 0.6) is 0 Å². The molecule has 1 saturated heterocycles. The molecule has 0 amide bonds. The Hall–Kier alpha value is -0.680. The number of carbonyl (C=O) groups is 1. The number of ether oxygens (including phenoxy) is 1. The van der Waals surface area contributed by atoms with E-state index in [0.717, 1.165) is 25.9 Å². The lowest BCUT2D eigenvalue weighted by Crippen LogP contribution is -2.46. The normalized spacial score (nSPS) is 20.9. The second kappa shape index (κ2) is 5.42. The molecule has 0 aliphatic carbocycles. The minimum absolute atomic E-state index is 0.165. The molecule has 0 aromatic carbocycles. The first-order chi connectivity index (χ1) is 7.06. The fourth-order valence-corrected chi connectivity index (χ4v) is 2.13. The number of hydrogen-bond donors (Lipinski definition) is 1. The molecule has 1 aliphatic rings. The van der Waals surface area contributed by atoms with Gasteiger partial charge >= 0.3 is 5.97 Å². The molecule has 1 heterocycles. The van der Waals surface area contributed by atoms with Crippen molar-refractivity contribution >= 4 is 23.2 Å². The molecular formula is C10H18N2O2S. The maximum absolute atomic E-state index is 11.3. The van der Waals surface area contributed by atoms with E-state index in [1.54, 1.807) is 0 Å². The van der Waals surface area contributed by atoms with Gasteiger partial charge < -0.3 is 10.5 Å². The number of piperidine rings is 1. The van der Waals surface area contributed by atoms with Gasteiger partial charge in [-0.15, -0.1) is 0 Å².